The highest BCUT2D eigenvalue weighted by Crippen LogP contribution is 2.44. The summed E-state index contributed by atoms with van der Waals surface area (Å²) in [6, 6.07) is 16.8. The number of hydrogen-bond donors (Lipinski definition) is 2. The van der Waals surface area contributed by atoms with Gasteiger partial charge in [-0.25, -0.2) is 9.59 Å². The fourth-order valence-electron chi connectivity index (χ4n) is 4.00. The molecule has 0 radical (unpaired) electrons. The van der Waals surface area contributed by atoms with Gasteiger partial charge in [0, 0.05) is 11.6 Å². The SMILES string of the molecule is Cc1cc(C)n(CC(NC(=O)OCC2c3ccccc3-c3ccccc32)C(=O)O)n1. The zero-order valence-electron chi connectivity index (χ0n) is 16.8. The average Bonchev–Trinajstić information content (AvgIpc) is 3.22. The van der Waals surface area contributed by atoms with Crippen LogP contribution in [0, 0.1) is 13.8 Å². The molecule has 2 aromatic carbocycles. The van der Waals surface area contributed by atoms with Gasteiger partial charge in [-0.05, 0) is 42.2 Å². The van der Waals surface area contributed by atoms with Crippen LogP contribution in [0.2, 0.25) is 0 Å². The molecule has 1 heterocycles. The number of aromatic nitrogens is 2. The number of ether oxygens (including phenoxy) is 1. The van der Waals surface area contributed by atoms with Crippen molar-refractivity contribution in [2.75, 3.05) is 6.61 Å². The number of rotatable bonds is 6. The van der Waals surface area contributed by atoms with Crippen LogP contribution in [0.4, 0.5) is 4.79 Å². The fourth-order valence-corrected chi connectivity index (χ4v) is 4.00. The number of fused-ring (bicyclic) bond motifs is 3. The molecule has 4 rings (SSSR count). The Kier molecular flexibility index (Phi) is 5.27. The van der Waals surface area contributed by atoms with E-state index < -0.39 is 18.1 Å². The molecule has 1 amide bonds. The van der Waals surface area contributed by atoms with Crippen LogP contribution < -0.4 is 5.32 Å². The summed E-state index contributed by atoms with van der Waals surface area (Å²) in [5.41, 5.74) is 6.09. The zero-order valence-corrected chi connectivity index (χ0v) is 16.8. The number of amides is 1. The second-order valence-corrected chi connectivity index (χ2v) is 7.47. The van der Waals surface area contributed by atoms with E-state index in [1.54, 1.807) is 4.68 Å². The van der Waals surface area contributed by atoms with Crippen molar-refractivity contribution in [3.8, 4) is 11.1 Å². The molecule has 3 aromatic rings. The number of carboxylic acids is 1. The number of carboxylic acid groups (broad SMARTS) is 1. The van der Waals surface area contributed by atoms with Gasteiger partial charge in [0.2, 0.25) is 0 Å². The lowest BCUT2D eigenvalue weighted by Gasteiger charge is -2.18. The third-order valence-corrected chi connectivity index (χ3v) is 5.39. The van der Waals surface area contributed by atoms with E-state index in [0.717, 1.165) is 33.6 Å². The van der Waals surface area contributed by atoms with Crippen LogP contribution in [0.25, 0.3) is 11.1 Å². The third-order valence-electron chi connectivity index (χ3n) is 5.39. The van der Waals surface area contributed by atoms with Crippen molar-refractivity contribution >= 4 is 12.1 Å². The molecule has 30 heavy (non-hydrogen) atoms. The summed E-state index contributed by atoms with van der Waals surface area (Å²) < 4.78 is 7.02. The quantitative estimate of drug-likeness (QED) is 0.655. The number of benzene rings is 2. The van der Waals surface area contributed by atoms with Gasteiger partial charge in [0.15, 0.2) is 0 Å². The number of nitrogens with one attached hydrogen (secondary N) is 1. The van der Waals surface area contributed by atoms with E-state index in [9.17, 15) is 14.7 Å². The van der Waals surface area contributed by atoms with E-state index in [0.29, 0.717) is 0 Å². The number of aryl methyl sites for hydroxylation is 2. The standard InChI is InChI=1S/C23H23N3O4/c1-14-11-15(2)26(25-14)12-21(22(27)28)24-23(29)30-13-20-18-9-5-3-7-16(18)17-8-4-6-10-19(17)20/h3-11,20-21H,12-13H2,1-2H3,(H,24,29)(H,27,28). The summed E-state index contributed by atoms with van der Waals surface area (Å²) in [6.45, 7) is 3.83. The van der Waals surface area contributed by atoms with Crippen molar-refractivity contribution in [2.45, 2.75) is 32.4 Å². The Morgan fingerprint density at radius 2 is 1.70 bits per heavy atom. The lowest BCUT2D eigenvalue weighted by Crippen LogP contribution is -2.44. The number of aliphatic carboxylic acids is 1. The monoisotopic (exact) mass is 405 g/mol. The third kappa shape index (κ3) is 3.78. The van der Waals surface area contributed by atoms with Crippen LogP contribution in [-0.4, -0.2) is 39.6 Å². The maximum atomic E-state index is 12.4. The molecule has 1 unspecified atom stereocenters. The van der Waals surface area contributed by atoms with Crippen molar-refractivity contribution in [3.63, 3.8) is 0 Å². The molecule has 1 aliphatic carbocycles. The van der Waals surface area contributed by atoms with Crippen LogP contribution in [0.1, 0.15) is 28.4 Å². The van der Waals surface area contributed by atoms with E-state index in [1.165, 1.54) is 0 Å². The van der Waals surface area contributed by atoms with Gasteiger partial charge in [0.05, 0.1) is 12.2 Å². The molecule has 0 fully saturated rings. The molecule has 7 heteroatoms. The Hall–Kier alpha value is -3.61. The summed E-state index contributed by atoms with van der Waals surface area (Å²) in [7, 11) is 0. The van der Waals surface area contributed by atoms with Crippen LogP contribution >= 0.6 is 0 Å². The fraction of sp³-hybridized carbons (Fsp3) is 0.261. The summed E-state index contributed by atoms with van der Waals surface area (Å²) in [4.78, 5) is 24.0. The topological polar surface area (TPSA) is 93.5 Å². The molecule has 0 saturated heterocycles. The molecule has 7 nitrogen and oxygen atoms in total. The maximum Gasteiger partial charge on any atom is 0.407 e. The molecule has 154 valence electrons. The van der Waals surface area contributed by atoms with E-state index in [-0.39, 0.29) is 19.1 Å². The van der Waals surface area contributed by atoms with Gasteiger partial charge in [-0.2, -0.15) is 5.10 Å². The second-order valence-electron chi connectivity index (χ2n) is 7.47. The summed E-state index contributed by atoms with van der Waals surface area (Å²) >= 11 is 0. The smallest absolute Gasteiger partial charge is 0.407 e. The maximum absolute atomic E-state index is 12.4. The van der Waals surface area contributed by atoms with Crippen molar-refractivity contribution < 1.29 is 19.4 Å². The molecule has 1 aliphatic rings. The molecular formula is C23H23N3O4. The number of carbonyl (C=O) groups excluding carboxylic acids is 1. The number of hydrogen-bond acceptors (Lipinski definition) is 4. The summed E-state index contributed by atoms with van der Waals surface area (Å²) in [6.07, 6.45) is -0.759. The summed E-state index contributed by atoms with van der Waals surface area (Å²) in [5.74, 6) is -1.22. The molecule has 0 saturated carbocycles. The van der Waals surface area contributed by atoms with Crippen LogP contribution in [0.5, 0.6) is 0 Å². The van der Waals surface area contributed by atoms with Gasteiger partial charge >= 0.3 is 12.1 Å². The van der Waals surface area contributed by atoms with Gasteiger partial charge in [0.25, 0.3) is 0 Å². The van der Waals surface area contributed by atoms with Crippen LogP contribution in [0.3, 0.4) is 0 Å². The minimum atomic E-state index is -1.14. The van der Waals surface area contributed by atoms with Crippen LogP contribution in [-0.2, 0) is 16.1 Å². The zero-order chi connectivity index (χ0) is 21.3. The van der Waals surface area contributed by atoms with E-state index in [4.69, 9.17) is 4.74 Å². The normalized spacial score (nSPS) is 13.4. The van der Waals surface area contributed by atoms with Crippen molar-refractivity contribution in [1.82, 2.24) is 15.1 Å². The highest BCUT2D eigenvalue weighted by Gasteiger charge is 2.30. The highest BCUT2D eigenvalue weighted by atomic mass is 16.5. The van der Waals surface area contributed by atoms with Gasteiger partial charge in [0.1, 0.15) is 12.6 Å². The number of alkyl carbamates (subject to hydrolysis) is 1. The van der Waals surface area contributed by atoms with E-state index in [2.05, 4.69) is 22.5 Å². The molecule has 2 N–H and O–H groups in total. The Morgan fingerprint density at radius 1 is 1.10 bits per heavy atom. The Labute approximate surface area is 174 Å². The molecule has 0 spiro atoms. The Bertz CT molecular complexity index is 1060. The Morgan fingerprint density at radius 3 is 2.23 bits per heavy atom. The molecule has 0 bridgehead atoms. The minimum absolute atomic E-state index is 0.0270. The van der Waals surface area contributed by atoms with E-state index >= 15 is 0 Å². The predicted molar refractivity (Wildman–Crippen MR) is 111 cm³/mol. The first kappa shape index (κ1) is 19.7. The van der Waals surface area contributed by atoms with E-state index in [1.807, 2.05) is 56.3 Å². The first-order valence-electron chi connectivity index (χ1n) is 9.79. The van der Waals surface area contributed by atoms with Crippen LogP contribution in [0.15, 0.2) is 54.6 Å². The minimum Gasteiger partial charge on any atom is -0.480 e. The number of carbonyl (C=O) groups is 2. The van der Waals surface area contributed by atoms with Gasteiger partial charge < -0.3 is 15.2 Å². The largest absolute Gasteiger partial charge is 0.480 e. The van der Waals surface area contributed by atoms with Crippen molar-refractivity contribution in [3.05, 3.63) is 77.1 Å². The second kappa shape index (κ2) is 8.02. The Balaban J connectivity index is 1.44. The lowest BCUT2D eigenvalue weighted by atomic mass is 9.98. The van der Waals surface area contributed by atoms with Gasteiger partial charge in [-0.15, -0.1) is 0 Å². The molecule has 1 aromatic heterocycles. The summed E-state index contributed by atoms with van der Waals surface area (Å²) in [5, 5.41) is 16.2. The number of nitrogens with zero attached hydrogens (tertiary/aromatic N) is 2. The molecule has 1 atom stereocenters. The average molecular weight is 405 g/mol. The predicted octanol–water partition coefficient (Wildman–Crippen LogP) is 3.49. The van der Waals surface area contributed by atoms with Gasteiger partial charge in [-0.1, -0.05) is 48.5 Å². The molecular weight excluding hydrogens is 382 g/mol. The lowest BCUT2D eigenvalue weighted by molar-refractivity contribution is -0.139. The highest BCUT2D eigenvalue weighted by molar-refractivity contribution is 5.81. The first-order chi connectivity index (χ1) is 14.4. The first-order valence-corrected chi connectivity index (χ1v) is 9.79. The van der Waals surface area contributed by atoms with Crippen molar-refractivity contribution in [2.24, 2.45) is 0 Å². The van der Waals surface area contributed by atoms with Gasteiger partial charge in [-0.3, -0.25) is 4.68 Å². The van der Waals surface area contributed by atoms with Crippen molar-refractivity contribution in [1.29, 1.82) is 0 Å². The molecule has 0 aliphatic heterocycles.